The highest BCUT2D eigenvalue weighted by Gasteiger charge is 2.15. The number of hydrogen-bond donors (Lipinski definition) is 2. The summed E-state index contributed by atoms with van der Waals surface area (Å²) < 4.78 is 6.82. The fraction of sp³-hybridized carbons (Fsp3) is 0.360. The van der Waals surface area contributed by atoms with E-state index in [0.717, 1.165) is 0 Å². The minimum Gasteiger partial charge on any atom is -0.494 e. The number of fused-ring (bicyclic) bond motifs is 1. The second-order valence-corrected chi connectivity index (χ2v) is 8.14. The van der Waals surface area contributed by atoms with E-state index in [1.807, 2.05) is 26.8 Å². The van der Waals surface area contributed by atoms with E-state index in [0.29, 0.717) is 41.5 Å². The van der Waals surface area contributed by atoms with Gasteiger partial charge in [0.1, 0.15) is 18.0 Å². The van der Waals surface area contributed by atoms with Gasteiger partial charge in [0.2, 0.25) is 11.8 Å². The molecule has 0 saturated heterocycles. The van der Waals surface area contributed by atoms with Gasteiger partial charge in [-0.3, -0.25) is 19.0 Å². The Morgan fingerprint density at radius 2 is 1.79 bits per heavy atom. The molecule has 33 heavy (non-hydrogen) atoms. The first kappa shape index (κ1) is 24.0. The van der Waals surface area contributed by atoms with Gasteiger partial charge in [-0.15, -0.1) is 0 Å². The first-order valence-corrected chi connectivity index (χ1v) is 11.1. The number of nitrogens with zero attached hydrogens (tertiary/aromatic N) is 2. The van der Waals surface area contributed by atoms with Crippen LogP contribution in [-0.4, -0.2) is 34.5 Å². The summed E-state index contributed by atoms with van der Waals surface area (Å²) in [4.78, 5) is 42.4. The van der Waals surface area contributed by atoms with E-state index in [-0.39, 0.29) is 42.5 Å². The van der Waals surface area contributed by atoms with Gasteiger partial charge in [0, 0.05) is 25.1 Å². The predicted molar refractivity (Wildman–Crippen MR) is 128 cm³/mol. The van der Waals surface area contributed by atoms with Crippen LogP contribution in [0.15, 0.2) is 53.3 Å². The lowest BCUT2D eigenvalue weighted by atomic mass is 10.2. The summed E-state index contributed by atoms with van der Waals surface area (Å²) in [7, 11) is 0. The molecule has 0 bridgehead atoms. The van der Waals surface area contributed by atoms with E-state index in [2.05, 4.69) is 15.6 Å². The number of amides is 2. The molecule has 0 fully saturated rings. The Morgan fingerprint density at radius 3 is 2.48 bits per heavy atom. The molecule has 1 heterocycles. The molecule has 0 saturated carbocycles. The number of ether oxygens (including phenoxy) is 1. The summed E-state index contributed by atoms with van der Waals surface area (Å²) in [5.41, 5.74) is 1.67. The minimum absolute atomic E-state index is 0.127. The lowest BCUT2D eigenvalue weighted by molar-refractivity contribution is -0.121. The van der Waals surface area contributed by atoms with Crippen LogP contribution in [0, 0.1) is 5.92 Å². The van der Waals surface area contributed by atoms with Gasteiger partial charge in [-0.05, 0) is 49.2 Å². The van der Waals surface area contributed by atoms with Crippen molar-refractivity contribution < 1.29 is 14.3 Å². The van der Waals surface area contributed by atoms with Crippen molar-refractivity contribution in [3.8, 4) is 5.75 Å². The van der Waals surface area contributed by atoms with Crippen LogP contribution < -0.4 is 20.9 Å². The Balaban J connectivity index is 1.78. The zero-order chi connectivity index (χ0) is 23.8. The summed E-state index contributed by atoms with van der Waals surface area (Å²) in [5.74, 6) is 0.601. The van der Waals surface area contributed by atoms with E-state index in [4.69, 9.17) is 4.74 Å². The Bertz CT molecular complexity index is 1170. The maximum absolute atomic E-state index is 13.1. The van der Waals surface area contributed by atoms with Crippen LogP contribution in [0.25, 0.3) is 11.0 Å². The number of aryl methyl sites for hydroxylation is 1. The quantitative estimate of drug-likeness (QED) is 0.494. The van der Waals surface area contributed by atoms with E-state index in [9.17, 15) is 14.4 Å². The first-order valence-electron chi connectivity index (χ1n) is 11.1. The van der Waals surface area contributed by atoms with Crippen molar-refractivity contribution in [3.05, 3.63) is 64.6 Å². The molecule has 174 valence electrons. The van der Waals surface area contributed by atoms with E-state index < -0.39 is 0 Å². The molecule has 2 aromatic carbocycles. The Morgan fingerprint density at radius 1 is 1.06 bits per heavy atom. The number of nitrogens with one attached hydrogen (secondary N) is 2. The monoisotopic (exact) mass is 450 g/mol. The molecule has 0 unspecified atom stereocenters. The van der Waals surface area contributed by atoms with Crippen LogP contribution in [0.3, 0.4) is 0 Å². The molecule has 2 amide bonds. The van der Waals surface area contributed by atoms with E-state index >= 15 is 0 Å². The second-order valence-electron chi connectivity index (χ2n) is 8.14. The average molecular weight is 451 g/mol. The van der Waals surface area contributed by atoms with Crippen LogP contribution >= 0.6 is 0 Å². The summed E-state index contributed by atoms with van der Waals surface area (Å²) >= 11 is 0. The van der Waals surface area contributed by atoms with Crippen molar-refractivity contribution in [3.63, 3.8) is 0 Å². The van der Waals surface area contributed by atoms with E-state index in [1.165, 1.54) is 4.57 Å². The highest BCUT2D eigenvalue weighted by Crippen LogP contribution is 2.16. The van der Waals surface area contributed by atoms with Gasteiger partial charge < -0.3 is 15.4 Å². The zero-order valence-electron chi connectivity index (χ0n) is 19.3. The lowest BCUT2D eigenvalue weighted by Gasteiger charge is -2.13. The smallest absolute Gasteiger partial charge is 0.273 e. The zero-order valence-corrected chi connectivity index (χ0v) is 19.3. The van der Waals surface area contributed by atoms with Crippen molar-refractivity contribution in [2.24, 2.45) is 5.92 Å². The van der Waals surface area contributed by atoms with Gasteiger partial charge in [0.25, 0.3) is 5.56 Å². The Kier molecular flexibility index (Phi) is 8.18. The van der Waals surface area contributed by atoms with E-state index in [1.54, 1.807) is 42.5 Å². The van der Waals surface area contributed by atoms with Crippen LogP contribution in [0.4, 0.5) is 5.69 Å². The van der Waals surface area contributed by atoms with Crippen molar-refractivity contribution in [2.45, 2.75) is 40.2 Å². The Labute approximate surface area is 193 Å². The largest absolute Gasteiger partial charge is 0.494 e. The third-order valence-corrected chi connectivity index (χ3v) is 4.97. The molecule has 8 nitrogen and oxygen atoms in total. The van der Waals surface area contributed by atoms with Gasteiger partial charge in [0.05, 0.1) is 17.6 Å². The molecule has 3 aromatic rings. The molecule has 0 aliphatic rings. The van der Waals surface area contributed by atoms with Crippen LogP contribution in [-0.2, 0) is 22.6 Å². The van der Waals surface area contributed by atoms with Crippen molar-refractivity contribution in [2.75, 3.05) is 18.5 Å². The number of rotatable bonds is 10. The molecule has 0 aliphatic heterocycles. The van der Waals surface area contributed by atoms with Crippen LogP contribution in [0.1, 0.15) is 32.9 Å². The van der Waals surface area contributed by atoms with Crippen molar-refractivity contribution in [1.82, 2.24) is 14.9 Å². The molecule has 8 heteroatoms. The number of benzene rings is 2. The molecular weight excluding hydrogens is 420 g/mol. The summed E-state index contributed by atoms with van der Waals surface area (Å²) in [6.45, 7) is 6.91. The van der Waals surface area contributed by atoms with Gasteiger partial charge in [-0.25, -0.2) is 4.98 Å². The van der Waals surface area contributed by atoms with Crippen molar-refractivity contribution in [1.29, 1.82) is 0 Å². The van der Waals surface area contributed by atoms with Gasteiger partial charge in [-0.1, -0.05) is 26.0 Å². The molecular formula is C25H30N4O4. The third kappa shape index (κ3) is 6.65. The molecule has 0 spiro atoms. The maximum atomic E-state index is 13.1. The number of anilines is 1. The first-order chi connectivity index (χ1) is 15.9. The fourth-order valence-corrected chi connectivity index (χ4v) is 3.35. The number of carbonyl (C=O) groups is 2. The number of carbonyl (C=O) groups excluding carboxylic acids is 2. The lowest BCUT2D eigenvalue weighted by Crippen LogP contribution is -2.32. The second kappa shape index (κ2) is 11.3. The SMILES string of the molecule is CCOc1ccc(NC(=O)Cn2c(=O)c(CCC(=O)NCC(C)C)nc3ccccc32)cc1. The van der Waals surface area contributed by atoms with Gasteiger partial charge in [-0.2, -0.15) is 0 Å². The van der Waals surface area contributed by atoms with Crippen LogP contribution in [0.5, 0.6) is 5.75 Å². The topological polar surface area (TPSA) is 102 Å². The van der Waals surface area contributed by atoms with Gasteiger partial charge >= 0.3 is 0 Å². The van der Waals surface area contributed by atoms with Crippen molar-refractivity contribution >= 4 is 28.5 Å². The highest BCUT2D eigenvalue weighted by molar-refractivity contribution is 5.91. The molecule has 3 rings (SSSR count). The molecule has 1 aromatic heterocycles. The molecule has 0 aliphatic carbocycles. The maximum Gasteiger partial charge on any atom is 0.273 e. The van der Waals surface area contributed by atoms with Crippen LogP contribution in [0.2, 0.25) is 0 Å². The fourth-order valence-electron chi connectivity index (χ4n) is 3.35. The normalized spacial score (nSPS) is 10.9. The number of hydrogen-bond acceptors (Lipinski definition) is 5. The van der Waals surface area contributed by atoms with Gasteiger partial charge in [0.15, 0.2) is 0 Å². The number of para-hydroxylation sites is 2. The average Bonchev–Trinajstić information content (AvgIpc) is 2.80. The molecule has 0 atom stereocenters. The number of aromatic nitrogens is 2. The highest BCUT2D eigenvalue weighted by atomic mass is 16.5. The minimum atomic E-state index is -0.368. The summed E-state index contributed by atoms with van der Waals surface area (Å²) in [6, 6.07) is 14.2. The standard InChI is InChI=1S/C25H30N4O4/c1-4-33-19-11-9-18(10-12-19)27-24(31)16-29-22-8-6-5-7-20(22)28-21(25(29)32)13-14-23(30)26-15-17(2)3/h5-12,17H,4,13-16H2,1-3H3,(H,26,30)(H,27,31). The third-order valence-electron chi connectivity index (χ3n) is 4.97. The Hall–Kier alpha value is -3.68. The molecule has 0 radical (unpaired) electrons. The predicted octanol–water partition coefficient (Wildman–Crippen LogP) is 3.14. The summed E-state index contributed by atoms with van der Waals surface area (Å²) in [6.07, 6.45) is 0.361. The summed E-state index contributed by atoms with van der Waals surface area (Å²) in [5, 5.41) is 5.66. The molecule has 2 N–H and O–H groups in total.